The van der Waals surface area contributed by atoms with Gasteiger partial charge in [-0.1, -0.05) is 76.7 Å². The highest BCUT2D eigenvalue weighted by atomic mass is 35.5. The third-order valence-corrected chi connectivity index (χ3v) is 4.33. The second-order valence-corrected chi connectivity index (χ2v) is 5.06. The molecule has 0 aliphatic heterocycles. The smallest absolute Gasteiger partial charge is 0.176 e. The van der Waals surface area contributed by atoms with E-state index >= 15 is 0 Å². The summed E-state index contributed by atoms with van der Waals surface area (Å²) in [6, 6.07) is 8.73. The average molecular weight is 308 g/mol. The summed E-state index contributed by atoms with van der Waals surface area (Å²) in [5.41, 5.74) is 0.518. The van der Waals surface area contributed by atoms with Gasteiger partial charge in [-0.3, -0.25) is 4.79 Å². The number of hydrogen-bond donors (Lipinski definition) is 0. The van der Waals surface area contributed by atoms with Gasteiger partial charge in [0.05, 0.1) is 26.0 Å². The molecule has 88 valence electrons. The van der Waals surface area contributed by atoms with Crippen LogP contribution < -0.4 is 0 Å². The van der Waals surface area contributed by atoms with Gasteiger partial charge in [0.2, 0.25) is 0 Å². The number of carbonyl (C=O) groups is 1. The summed E-state index contributed by atoms with van der Waals surface area (Å²) >= 11 is 23.7. The zero-order valence-electron chi connectivity index (χ0n) is 8.38. The molecule has 1 aliphatic rings. The molecule has 0 fully saturated rings. The Kier molecular flexibility index (Phi) is 3.84. The Morgan fingerprint density at radius 2 is 1.35 bits per heavy atom. The maximum absolute atomic E-state index is 12.2. The lowest BCUT2D eigenvalue weighted by Gasteiger charge is -2.10. The van der Waals surface area contributed by atoms with E-state index in [1.807, 2.05) is 6.07 Å². The molecule has 0 heterocycles. The van der Waals surface area contributed by atoms with Crippen molar-refractivity contribution in [3.05, 3.63) is 56.0 Å². The molecule has 0 saturated heterocycles. The van der Waals surface area contributed by atoms with Gasteiger partial charge in [0.15, 0.2) is 5.78 Å². The summed E-state index contributed by atoms with van der Waals surface area (Å²) in [5, 5.41) is 0.645. The van der Waals surface area contributed by atoms with E-state index in [9.17, 15) is 4.79 Å². The first-order valence-electron chi connectivity index (χ1n) is 4.74. The van der Waals surface area contributed by atoms with Gasteiger partial charge < -0.3 is 0 Å². The van der Waals surface area contributed by atoms with Crippen LogP contribution in [-0.2, 0) is 0 Å². The standard InChI is InChI=1S/C12H6Cl4O/c13-8-7(9(14)11(16)10(8)15)12(17)6-4-2-1-3-5-6/h1-5,7H. The van der Waals surface area contributed by atoms with E-state index in [2.05, 4.69) is 0 Å². The van der Waals surface area contributed by atoms with Crippen LogP contribution in [0.15, 0.2) is 50.5 Å². The largest absolute Gasteiger partial charge is 0.293 e. The Balaban J connectivity index is 2.41. The van der Waals surface area contributed by atoms with Crippen LogP contribution in [0.5, 0.6) is 0 Å². The van der Waals surface area contributed by atoms with Crippen LogP contribution in [0, 0.1) is 5.92 Å². The third-order valence-electron chi connectivity index (χ3n) is 2.44. The number of hydrogen-bond acceptors (Lipinski definition) is 1. The maximum atomic E-state index is 12.2. The van der Waals surface area contributed by atoms with Crippen molar-refractivity contribution in [2.24, 2.45) is 5.92 Å². The lowest BCUT2D eigenvalue weighted by atomic mass is 9.99. The second-order valence-electron chi connectivity index (χ2n) is 3.49. The molecule has 0 amide bonds. The molecule has 0 N–H and O–H groups in total. The molecule has 0 atom stereocenters. The van der Waals surface area contributed by atoms with Crippen LogP contribution in [0.1, 0.15) is 10.4 Å². The van der Waals surface area contributed by atoms with Crippen LogP contribution in [0.25, 0.3) is 0 Å². The van der Waals surface area contributed by atoms with Crippen molar-refractivity contribution in [2.45, 2.75) is 0 Å². The number of rotatable bonds is 2. The van der Waals surface area contributed by atoms with Crippen molar-refractivity contribution < 1.29 is 4.79 Å². The Morgan fingerprint density at radius 1 is 0.882 bits per heavy atom. The molecule has 1 aromatic carbocycles. The molecular formula is C12H6Cl4O. The van der Waals surface area contributed by atoms with Gasteiger partial charge in [-0.2, -0.15) is 0 Å². The first-order chi connectivity index (χ1) is 8.04. The predicted octanol–water partition coefficient (Wildman–Crippen LogP) is 4.88. The number of allylic oxidation sites excluding steroid dienone is 4. The van der Waals surface area contributed by atoms with Crippen LogP contribution >= 0.6 is 46.4 Å². The lowest BCUT2D eigenvalue weighted by molar-refractivity contribution is 0.0962. The van der Waals surface area contributed by atoms with Crippen molar-refractivity contribution in [1.29, 1.82) is 0 Å². The maximum Gasteiger partial charge on any atom is 0.176 e. The van der Waals surface area contributed by atoms with Gasteiger partial charge in [0.25, 0.3) is 0 Å². The molecule has 0 saturated carbocycles. The zero-order chi connectivity index (χ0) is 12.6. The number of carbonyl (C=O) groups excluding carboxylic acids is 1. The van der Waals surface area contributed by atoms with E-state index in [1.165, 1.54) is 0 Å². The monoisotopic (exact) mass is 306 g/mol. The quantitative estimate of drug-likeness (QED) is 0.712. The minimum Gasteiger partial charge on any atom is -0.293 e. The number of ketones is 1. The van der Waals surface area contributed by atoms with Crippen LogP contribution in [0.2, 0.25) is 0 Å². The Bertz CT molecular complexity index is 507. The summed E-state index contributed by atoms with van der Waals surface area (Å²) < 4.78 is 0. The fourth-order valence-corrected chi connectivity index (χ4v) is 2.75. The number of benzene rings is 1. The molecule has 0 bridgehead atoms. The van der Waals surface area contributed by atoms with Crippen molar-refractivity contribution in [3.63, 3.8) is 0 Å². The van der Waals surface area contributed by atoms with Gasteiger partial charge in [-0.15, -0.1) is 0 Å². The Hall–Kier alpha value is -0.470. The number of halogens is 4. The van der Waals surface area contributed by atoms with Gasteiger partial charge in [-0.25, -0.2) is 0 Å². The molecular weight excluding hydrogens is 302 g/mol. The minimum absolute atomic E-state index is 0.146. The fraction of sp³-hybridized carbons (Fsp3) is 0.0833. The van der Waals surface area contributed by atoms with Gasteiger partial charge in [0, 0.05) is 5.56 Å². The van der Waals surface area contributed by atoms with E-state index in [0.29, 0.717) is 5.56 Å². The minimum atomic E-state index is -0.777. The molecule has 1 aliphatic carbocycles. The second kappa shape index (κ2) is 5.03. The van der Waals surface area contributed by atoms with Crippen molar-refractivity contribution in [2.75, 3.05) is 0 Å². The highest BCUT2D eigenvalue weighted by Crippen LogP contribution is 2.46. The fourth-order valence-electron chi connectivity index (χ4n) is 1.57. The van der Waals surface area contributed by atoms with E-state index in [-0.39, 0.29) is 25.9 Å². The molecule has 1 aromatic rings. The van der Waals surface area contributed by atoms with Crippen molar-refractivity contribution in [1.82, 2.24) is 0 Å². The summed E-state index contributed by atoms with van der Waals surface area (Å²) in [4.78, 5) is 12.2. The summed E-state index contributed by atoms with van der Waals surface area (Å²) in [6.45, 7) is 0. The summed E-state index contributed by atoms with van der Waals surface area (Å²) in [6.07, 6.45) is 0. The highest BCUT2D eigenvalue weighted by Gasteiger charge is 2.36. The van der Waals surface area contributed by atoms with Crippen LogP contribution in [-0.4, -0.2) is 5.78 Å². The molecule has 0 spiro atoms. The molecule has 2 rings (SSSR count). The Morgan fingerprint density at radius 3 is 1.82 bits per heavy atom. The van der Waals surface area contributed by atoms with Gasteiger partial charge in [-0.05, 0) is 0 Å². The average Bonchev–Trinajstić information content (AvgIpc) is 2.54. The van der Waals surface area contributed by atoms with E-state index < -0.39 is 5.92 Å². The molecule has 17 heavy (non-hydrogen) atoms. The van der Waals surface area contributed by atoms with Crippen LogP contribution in [0.3, 0.4) is 0 Å². The van der Waals surface area contributed by atoms with Crippen molar-refractivity contribution >= 4 is 52.2 Å². The van der Waals surface area contributed by atoms with Crippen LogP contribution in [0.4, 0.5) is 0 Å². The van der Waals surface area contributed by atoms with Gasteiger partial charge >= 0.3 is 0 Å². The van der Waals surface area contributed by atoms with E-state index in [4.69, 9.17) is 46.4 Å². The van der Waals surface area contributed by atoms with Gasteiger partial charge in [0.1, 0.15) is 0 Å². The lowest BCUT2D eigenvalue weighted by Crippen LogP contribution is -2.13. The molecule has 0 unspecified atom stereocenters. The highest BCUT2D eigenvalue weighted by molar-refractivity contribution is 6.54. The molecule has 0 aromatic heterocycles. The topological polar surface area (TPSA) is 17.1 Å². The van der Waals surface area contributed by atoms with E-state index in [1.54, 1.807) is 24.3 Å². The SMILES string of the molecule is O=C(c1ccccc1)C1C(Cl)=C(Cl)C(Cl)=C1Cl. The number of Topliss-reactive ketones (excluding diaryl/α,β-unsaturated/α-hetero) is 1. The Labute approximate surface area is 119 Å². The van der Waals surface area contributed by atoms with E-state index in [0.717, 1.165) is 0 Å². The van der Waals surface area contributed by atoms with Crippen molar-refractivity contribution in [3.8, 4) is 0 Å². The summed E-state index contributed by atoms with van der Waals surface area (Å²) in [7, 11) is 0. The molecule has 0 radical (unpaired) electrons. The predicted molar refractivity (Wildman–Crippen MR) is 71.7 cm³/mol. The summed E-state index contributed by atoms with van der Waals surface area (Å²) in [5.74, 6) is -0.991. The first-order valence-corrected chi connectivity index (χ1v) is 6.25. The molecule has 5 heteroatoms. The zero-order valence-corrected chi connectivity index (χ0v) is 11.4. The normalized spacial score (nSPS) is 16.9. The first kappa shape index (κ1) is 13.0. The third kappa shape index (κ3) is 2.25. The molecule has 1 nitrogen and oxygen atoms in total.